The normalized spacial score (nSPS) is 16.3. The quantitative estimate of drug-likeness (QED) is 0.168. The van der Waals surface area contributed by atoms with Crippen molar-refractivity contribution >= 4 is 25.3 Å². The lowest BCUT2D eigenvalue weighted by Gasteiger charge is -2.25. The van der Waals surface area contributed by atoms with Crippen molar-refractivity contribution in [1.82, 2.24) is 5.32 Å². The number of nitrogens with one attached hydrogen (secondary N) is 1. The van der Waals surface area contributed by atoms with Crippen molar-refractivity contribution in [2.45, 2.75) is 35.9 Å². The number of benzene rings is 1. The molecule has 0 aliphatic heterocycles. The lowest BCUT2D eigenvalue weighted by Crippen LogP contribution is -2.49. The Balaban J connectivity index is 2.32. The summed E-state index contributed by atoms with van der Waals surface area (Å²) in [4.78, 5) is 0. The molecule has 0 aromatic heterocycles. The maximum Gasteiger partial charge on any atom is 0.119 e. The van der Waals surface area contributed by atoms with E-state index in [2.05, 4.69) is 30.6 Å². The molecule has 0 spiro atoms. The Labute approximate surface area is 158 Å². The predicted molar refractivity (Wildman–Crippen MR) is 101 cm³/mol. The average Bonchev–Trinajstić information content (AvgIpc) is 2.65. The molecule has 0 radical (unpaired) electrons. The first kappa shape index (κ1) is 22.5. The van der Waals surface area contributed by atoms with Crippen molar-refractivity contribution in [2.75, 3.05) is 26.3 Å². The van der Waals surface area contributed by atoms with Gasteiger partial charge in [-0.05, 0) is 23.3 Å². The van der Waals surface area contributed by atoms with Gasteiger partial charge in [0.05, 0.1) is 12.7 Å². The molecule has 0 heterocycles. The average molecular weight is 394 g/mol. The fourth-order valence-corrected chi connectivity index (χ4v) is 2.77. The topological polar surface area (TPSA) is 122 Å². The van der Waals surface area contributed by atoms with Crippen molar-refractivity contribution < 1.29 is 30.3 Å². The van der Waals surface area contributed by atoms with Crippen LogP contribution >= 0.6 is 25.3 Å². The maximum absolute atomic E-state index is 9.75. The van der Waals surface area contributed by atoms with Crippen molar-refractivity contribution in [3.8, 4) is 5.75 Å². The number of thiol groups is 2. The van der Waals surface area contributed by atoms with E-state index in [0.29, 0.717) is 30.4 Å². The standard InChI is InChI=1S/C16H27NO6S2/c18-7-14(20)16(22)15(21)13(19)6-17-3-4-23-12-2-1-10(8-24)11(5-12)9-25/h1-2,5,13-22,24-25H,3-4,6-9H2/t13-,14+,15+,16+/m0/s1. The van der Waals surface area contributed by atoms with Gasteiger partial charge in [0.1, 0.15) is 30.7 Å². The highest BCUT2D eigenvalue weighted by Gasteiger charge is 2.29. The predicted octanol–water partition coefficient (Wildman–Crippen LogP) is -1.05. The molecule has 0 fully saturated rings. The molecule has 25 heavy (non-hydrogen) atoms. The molecular weight excluding hydrogens is 366 g/mol. The molecule has 0 bridgehead atoms. The zero-order chi connectivity index (χ0) is 18.8. The van der Waals surface area contributed by atoms with Crippen LogP contribution in [0.4, 0.5) is 0 Å². The Morgan fingerprint density at radius 1 is 0.960 bits per heavy atom. The van der Waals surface area contributed by atoms with E-state index in [1.807, 2.05) is 18.2 Å². The molecule has 4 atom stereocenters. The maximum atomic E-state index is 9.75. The van der Waals surface area contributed by atoms with Gasteiger partial charge in [0.15, 0.2) is 0 Å². The van der Waals surface area contributed by atoms with Gasteiger partial charge < -0.3 is 35.6 Å². The molecule has 0 saturated heterocycles. The first-order valence-electron chi connectivity index (χ1n) is 7.94. The van der Waals surface area contributed by atoms with Crippen LogP contribution in [0.1, 0.15) is 11.1 Å². The lowest BCUT2D eigenvalue weighted by molar-refractivity contribution is -0.114. The van der Waals surface area contributed by atoms with Gasteiger partial charge in [0.25, 0.3) is 0 Å². The molecule has 0 saturated carbocycles. The van der Waals surface area contributed by atoms with Crippen molar-refractivity contribution in [1.29, 1.82) is 0 Å². The SMILES string of the molecule is OC[C@@H](O)[C@@H](O)[C@H](O)[C@@H](O)CNCCOc1ccc(CS)c(CS)c1. The highest BCUT2D eigenvalue weighted by molar-refractivity contribution is 7.79. The van der Waals surface area contributed by atoms with Crippen molar-refractivity contribution in [3.63, 3.8) is 0 Å². The minimum absolute atomic E-state index is 0.000214. The molecule has 1 aromatic carbocycles. The van der Waals surface area contributed by atoms with Gasteiger partial charge in [-0.15, -0.1) is 0 Å². The van der Waals surface area contributed by atoms with Crippen LogP contribution < -0.4 is 10.1 Å². The van der Waals surface area contributed by atoms with Gasteiger partial charge in [-0.3, -0.25) is 0 Å². The number of aliphatic hydroxyl groups excluding tert-OH is 5. The highest BCUT2D eigenvalue weighted by atomic mass is 32.1. The van der Waals surface area contributed by atoms with Crippen LogP contribution in [0.5, 0.6) is 5.75 Å². The van der Waals surface area contributed by atoms with E-state index in [-0.39, 0.29) is 6.54 Å². The smallest absolute Gasteiger partial charge is 0.119 e. The first-order valence-corrected chi connectivity index (χ1v) is 9.21. The van der Waals surface area contributed by atoms with Gasteiger partial charge in [-0.2, -0.15) is 25.3 Å². The summed E-state index contributed by atoms with van der Waals surface area (Å²) in [5.74, 6) is 1.94. The van der Waals surface area contributed by atoms with E-state index < -0.39 is 31.0 Å². The number of rotatable bonds is 12. The fourth-order valence-electron chi connectivity index (χ4n) is 2.17. The van der Waals surface area contributed by atoms with Gasteiger partial charge >= 0.3 is 0 Å². The van der Waals surface area contributed by atoms with E-state index in [4.69, 9.17) is 9.84 Å². The zero-order valence-electron chi connectivity index (χ0n) is 13.8. The van der Waals surface area contributed by atoms with Crippen LogP contribution in [0.25, 0.3) is 0 Å². The Morgan fingerprint density at radius 2 is 1.60 bits per heavy atom. The summed E-state index contributed by atoms with van der Waals surface area (Å²) in [6.45, 7) is 0.0521. The van der Waals surface area contributed by atoms with Crippen LogP contribution in [-0.4, -0.2) is 76.3 Å². The minimum atomic E-state index is -1.62. The largest absolute Gasteiger partial charge is 0.492 e. The molecule has 0 unspecified atom stereocenters. The summed E-state index contributed by atoms with van der Waals surface area (Å²) in [6.07, 6.45) is -5.98. The Bertz CT molecular complexity index is 508. The third kappa shape index (κ3) is 7.32. The Kier molecular flexibility index (Phi) is 10.8. The zero-order valence-corrected chi connectivity index (χ0v) is 15.6. The molecular formula is C16H27NO6S2. The number of hydrogen-bond acceptors (Lipinski definition) is 9. The second-order valence-electron chi connectivity index (χ2n) is 5.60. The Hall–Kier alpha value is -0.520. The lowest BCUT2D eigenvalue weighted by atomic mass is 10.0. The molecule has 144 valence electrons. The first-order chi connectivity index (χ1) is 11.9. The van der Waals surface area contributed by atoms with Gasteiger partial charge in [0.2, 0.25) is 0 Å². The third-order valence-electron chi connectivity index (χ3n) is 3.74. The van der Waals surface area contributed by atoms with Crippen LogP contribution in [-0.2, 0) is 11.5 Å². The molecule has 7 nitrogen and oxygen atoms in total. The van der Waals surface area contributed by atoms with Crippen LogP contribution in [0, 0.1) is 0 Å². The number of ether oxygens (including phenoxy) is 1. The molecule has 0 aliphatic carbocycles. The molecule has 0 aliphatic rings. The molecule has 1 aromatic rings. The van der Waals surface area contributed by atoms with Crippen LogP contribution in [0.3, 0.4) is 0 Å². The number of aliphatic hydroxyl groups is 5. The summed E-state index contributed by atoms with van der Waals surface area (Å²) in [5, 5.41) is 49.8. The van der Waals surface area contributed by atoms with E-state index >= 15 is 0 Å². The second-order valence-corrected chi connectivity index (χ2v) is 6.23. The monoisotopic (exact) mass is 393 g/mol. The van der Waals surface area contributed by atoms with E-state index in [1.165, 1.54) is 0 Å². The summed E-state index contributed by atoms with van der Waals surface area (Å²) in [5.41, 5.74) is 2.16. The van der Waals surface area contributed by atoms with E-state index in [0.717, 1.165) is 11.1 Å². The summed E-state index contributed by atoms with van der Waals surface area (Å²) in [7, 11) is 0. The Morgan fingerprint density at radius 3 is 2.20 bits per heavy atom. The van der Waals surface area contributed by atoms with Gasteiger partial charge in [-0.1, -0.05) is 6.07 Å². The second kappa shape index (κ2) is 12.0. The molecule has 1 rings (SSSR count). The summed E-state index contributed by atoms with van der Waals surface area (Å²) >= 11 is 8.54. The van der Waals surface area contributed by atoms with E-state index in [9.17, 15) is 20.4 Å². The van der Waals surface area contributed by atoms with Crippen molar-refractivity contribution in [3.05, 3.63) is 29.3 Å². The van der Waals surface area contributed by atoms with Crippen molar-refractivity contribution in [2.24, 2.45) is 0 Å². The number of hydrogen-bond donors (Lipinski definition) is 8. The molecule has 0 amide bonds. The van der Waals surface area contributed by atoms with Gasteiger partial charge in [-0.25, -0.2) is 0 Å². The fraction of sp³-hybridized carbons (Fsp3) is 0.625. The molecule has 9 heteroatoms. The van der Waals surface area contributed by atoms with Crippen LogP contribution in [0.2, 0.25) is 0 Å². The molecule has 6 N–H and O–H groups in total. The van der Waals surface area contributed by atoms with Gasteiger partial charge in [0, 0.05) is 24.6 Å². The summed E-state index contributed by atoms with van der Waals surface area (Å²) < 4.78 is 5.61. The third-order valence-corrected chi connectivity index (χ3v) is 4.43. The highest BCUT2D eigenvalue weighted by Crippen LogP contribution is 2.20. The van der Waals surface area contributed by atoms with Crippen LogP contribution in [0.15, 0.2) is 18.2 Å². The van der Waals surface area contributed by atoms with E-state index in [1.54, 1.807) is 0 Å². The minimum Gasteiger partial charge on any atom is -0.492 e. The summed E-state index contributed by atoms with van der Waals surface area (Å²) in [6, 6.07) is 5.70.